The van der Waals surface area contributed by atoms with Crippen LogP contribution < -0.4 is 16.4 Å². The molecule has 2 aromatic carbocycles. The molecule has 2 rings (SSSR count). The number of carbonyl (C=O) groups excluding carboxylic acids is 1. The van der Waals surface area contributed by atoms with Crippen LogP contribution in [-0.2, 0) is 11.2 Å². The highest BCUT2D eigenvalue weighted by Gasteiger charge is 2.03. The number of nitrogens with two attached hydrogens (primary N) is 1. The summed E-state index contributed by atoms with van der Waals surface area (Å²) in [4.78, 5) is 16.0. The zero-order valence-corrected chi connectivity index (χ0v) is 14.5. The van der Waals surface area contributed by atoms with Crippen LogP contribution in [0, 0.1) is 19.7 Å². The van der Waals surface area contributed by atoms with E-state index in [9.17, 15) is 9.18 Å². The number of hydrogen-bond acceptors (Lipinski definition) is 2. The molecule has 2 aromatic rings. The summed E-state index contributed by atoms with van der Waals surface area (Å²) in [6.45, 7) is 4.80. The summed E-state index contributed by atoms with van der Waals surface area (Å²) in [6.07, 6.45) is 0.137. The predicted octanol–water partition coefficient (Wildman–Crippen LogP) is 2.53. The summed E-state index contributed by atoms with van der Waals surface area (Å²) < 4.78 is 13.1. The van der Waals surface area contributed by atoms with Gasteiger partial charge in [0.15, 0.2) is 5.96 Å². The summed E-state index contributed by atoms with van der Waals surface area (Å²) in [5.41, 5.74) is 9.73. The standard InChI is InChI=1S/C19H23FN4O/c1-13-6-7-17(10-14(13)2)24-19(21)23-9-8-22-18(25)12-15-4-3-5-16(20)11-15/h3-7,10-11H,8-9,12H2,1-2H3,(H,22,25)(H3,21,23,24). The number of amides is 1. The van der Waals surface area contributed by atoms with Gasteiger partial charge in [0, 0.05) is 12.2 Å². The molecule has 0 spiro atoms. The van der Waals surface area contributed by atoms with Gasteiger partial charge in [0.1, 0.15) is 5.82 Å². The highest BCUT2D eigenvalue weighted by atomic mass is 19.1. The van der Waals surface area contributed by atoms with Crippen molar-refractivity contribution >= 4 is 17.6 Å². The molecule has 0 saturated heterocycles. The third-order valence-electron chi connectivity index (χ3n) is 3.75. The maximum absolute atomic E-state index is 13.1. The van der Waals surface area contributed by atoms with Gasteiger partial charge in [-0.25, -0.2) is 4.39 Å². The number of guanidine groups is 1. The van der Waals surface area contributed by atoms with Gasteiger partial charge in [0.2, 0.25) is 5.91 Å². The van der Waals surface area contributed by atoms with Gasteiger partial charge in [-0.3, -0.25) is 9.79 Å². The van der Waals surface area contributed by atoms with E-state index < -0.39 is 0 Å². The number of nitrogens with zero attached hydrogens (tertiary/aromatic N) is 1. The van der Waals surface area contributed by atoms with E-state index in [0.717, 1.165) is 5.69 Å². The number of hydrogen-bond donors (Lipinski definition) is 3. The molecule has 0 unspecified atom stereocenters. The zero-order chi connectivity index (χ0) is 18.2. The second-order valence-electron chi connectivity index (χ2n) is 5.85. The third kappa shape index (κ3) is 6.25. The van der Waals surface area contributed by atoms with E-state index in [1.807, 2.05) is 32.0 Å². The van der Waals surface area contributed by atoms with Crippen LogP contribution in [0.2, 0.25) is 0 Å². The number of rotatable bonds is 6. The SMILES string of the molecule is Cc1ccc(NC(N)=NCCNC(=O)Cc2cccc(F)c2)cc1C. The Morgan fingerprint density at radius 3 is 2.68 bits per heavy atom. The average Bonchev–Trinajstić information content (AvgIpc) is 2.55. The number of carbonyl (C=O) groups is 1. The molecular weight excluding hydrogens is 319 g/mol. The Hall–Kier alpha value is -2.89. The number of anilines is 1. The molecule has 0 aliphatic carbocycles. The molecule has 25 heavy (non-hydrogen) atoms. The molecule has 6 heteroatoms. The van der Waals surface area contributed by atoms with E-state index in [1.165, 1.54) is 23.3 Å². The summed E-state index contributed by atoms with van der Waals surface area (Å²) >= 11 is 0. The van der Waals surface area contributed by atoms with Crippen molar-refractivity contribution in [1.82, 2.24) is 5.32 Å². The molecule has 0 heterocycles. The van der Waals surface area contributed by atoms with Crippen LogP contribution in [0.5, 0.6) is 0 Å². The lowest BCUT2D eigenvalue weighted by Gasteiger charge is -2.08. The largest absolute Gasteiger partial charge is 0.370 e. The molecule has 1 amide bonds. The van der Waals surface area contributed by atoms with Gasteiger partial charge >= 0.3 is 0 Å². The Morgan fingerprint density at radius 1 is 1.16 bits per heavy atom. The molecule has 0 radical (unpaired) electrons. The van der Waals surface area contributed by atoms with Crippen molar-refractivity contribution in [3.05, 3.63) is 65.0 Å². The van der Waals surface area contributed by atoms with Gasteiger partial charge < -0.3 is 16.4 Å². The average molecular weight is 342 g/mol. The van der Waals surface area contributed by atoms with E-state index in [4.69, 9.17) is 5.73 Å². The molecule has 0 fully saturated rings. The fourth-order valence-corrected chi connectivity index (χ4v) is 2.27. The summed E-state index contributed by atoms with van der Waals surface area (Å²) in [6, 6.07) is 11.9. The first-order chi connectivity index (χ1) is 11.9. The van der Waals surface area contributed by atoms with E-state index >= 15 is 0 Å². The minimum Gasteiger partial charge on any atom is -0.370 e. The van der Waals surface area contributed by atoms with Gasteiger partial charge in [0.25, 0.3) is 0 Å². The number of halogens is 1. The summed E-state index contributed by atoms with van der Waals surface area (Å²) in [7, 11) is 0. The highest BCUT2D eigenvalue weighted by molar-refractivity contribution is 5.92. The van der Waals surface area contributed by atoms with Crippen molar-refractivity contribution in [2.24, 2.45) is 10.7 Å². The molecule has 0 aromatic heterocycles. The minimum atomic E-state index is -0.347. The molecule has 4 N–H and O–H groups in total. The minimum absolute atomic E-state index is 0.137. The Labute approximate surface area is 147 Å². The number of aryl methyl sites for hydroxylation is 2. The first kappa shape index (κ1) is 18.4. The van der Waals surface area contributed by atoms with Crippen LogP contribution in [-0.4, -0.2) is 25.0 Å². The van der Waals surface area contributed by atoms with Crippen molar-refractivity contribution in [1.29, 1.82) is 0 Å². The zero-order valence-electron chi connectivity index (χ0n) is 14.5. The molecule has 0 bridgehead atoms. The second-order valence-corrected chi connectivity index (χ2v) is 5.85. The quantitative estimate of drug-likeness (QED) is 0.429. The lowest BCUT2D eigenvalue weighted by atomic mass is 10.1. The van der Waals surface area contributed by atoms with Crippen LogP contribution in [0.4, 0.5) is 10.1 Å². The van der Waals surface area contributed by atoms with Gasteiger partial charge in [0.05, 0.1) is 13.0 Å². The monoisotopic (exact) mass is 342 g/mol. The number of nitrogens with one attached hydrogen (secondary N) is 2. The first-order valence-corrected chi connectivity index (χ1v) is 8.09. The van der Waals surface area contributed by atoms with Gasteiger partial charge in [-0.15, -0.1) is 0 Å². The summed E-state index contributed by atoms with van der Waals surface area (Å²) in [5, 5.41) is 5.75. The van der Waals surface area contributed by atoms with Crippen LogP contribution in [0.15, 0.2) is 47.5 Å². The fourth-order valence-electron chi connectivity index (χ4n) is 2.27. The number of aliphatic imine (C=N–C) groups is 1. The fraction of sp³-hybridized carbons (Fsp3) is 0.263. The Balaban J connectivity index is 1.74. The van der Waals surface area contributed by atoms with Gasteiger partial charge in [-0.1, -0.05) is 18.2 Å². The van der Waals surface area contributed by atoms with Crippen molar-refractivity contribution in [3.8, 4) is 0 Å². The van der Waals surface area contributed by atoms with Crippen molar-refractivity contribution in [3.63, 3.8) is 0 Å². The van der Waals surface area contributed by atoms with Gasteiger partial charge in [-0.05, 0) is 54.8 Å². The Kier molecular flexibility index (Phi) is 6.51. The van der Waals surface area contributed by atoms with E-state index in [0.29, 0.717) is 24.6 Å². The third-order valence-corrected chi connectivity index (χ3v) is 3.75. The lowest BCUT2D eigenvalue weighted by Crippen LogP contribution is -2.29. The molecule has 5 nitrogen and oxygen atoms in total. The van der Waals surface area contributed by atoms with E-state index in [2.05, 4.69) is 15.6 Å². The predicted molar refractivity (Wildman–Crippen MR) is 99.1 cm³/mol. The van der Waals surface area contributed by atoms with Crippen molar-refractivity contribution in [2.75, 3.05) is 18.4 Å². The topological polar surface area (TPSA) is 79.5 Å². The Bertz CT molecular complexity index is 774. The van der Waals surface area contributed by atoms with Crippen molar-refractivity contribution in [2.45, 2.75) is 20.3 Å². The second kappa shape index (κ2) is 8.82. The molecule has 132 valence electrons. The van der Waals surface area contributed by atoms with Crippen LogP contribution in [0.1, 0.15) is 16.7 Å². The normalized spacial score (nSPS) is 11.2. The smallest absolute Gasteiger partial charge is 0.224 e. The van der Waals surface area contributed by atoms with Crippen LogP contribution >= 0.6 is 0 Å². The molecule has 0 atom stereocenters. The highest BCUT2D eigenvalue weighted by Crippen LogP contribution is 2.13. The lowest BCUT2D eigenvalue weighted by molar-refractivity contribution is -0.120. The van der Waals surface area contributed by atoms with Crippen molar-refractivity contribution < 1.29 is 9.18 Å². The molecule has 0 saturated carbocycles. The van der Waals surface area contributed by atoms with Gasteiger partial charge in [-0.2, -0.15) is 0 Å². The van der Waals surface area contributed by atoms with E-state index in [-0.39, 0.29) is 18.1 Å². The summed E-state index contributed by atoms with van der Waals surface area (Å²) in [5.74, 6) is -0.232. The maximum atomic E-state index is 13.1. The molecular formula is C19H23FN4O. The van der Waals surface area contributed by atoms with Crippen LogP contribution in [0.25, 0.3) is 0 Å². The maximum Gasteiger partial charge on any atom is 0.224 e. The first-order valence-electron chi connectivity index (χ1n) is 8.09. The molecule has 0 aliphatic heterocycles. The number of benzene rings is 2. The van der Waals surface area contributed by atoms with Crippen LogP contribution in [0.3, 0.4) is 0 Å². The molecule has 0 aliphatic rings. The Morgan fingerprint density at radius 2 is 1.96 bits per heavy atom. The van der Waals surface area contributed by atoms with E-state index in [1.54, 1.807) is 12.1 Å².